The number of carbonyl (C=O) groups excluding carboxylic acids is 1. The fraction of sp³-hybridized carbons (Fsp3) is 0.250. The number of nitriles is 1. The molecule has 3 N–H and O–H groups in total. The van der Waals surface area contributed by atoms with Crippen molar-refractivity contribution in [1.29, 1.82) is 5.26 Å². The van der Waals surface area contributed by atoms with Crippen LogP contribution in [-0.2, 0) is 6.54 Å². The van der Waals surface area contributed by atoms with Gasteiger partial charge in [-0.2, -0.15) is 5.26 Å². The second-order valence-corrected chi connectivity index (χ2v) is 10.0. The first-order valence-electron chi connectivity index (χ1n) is 10.8. The van der Waals surface area contributed by atoms with Gasteiger partial charge in [-0.05, 0) is 24.1 Å². The lowest BCUT2D eigenvalue weighted by molar-refractivity contribution is 0.0615. The Bertz CT molecular complexity index is 1570. The molecule has 0 radical (unpaired) electrons. The minimum atomic E-state index is -0.663. The van der Waals surface area contributed by atoms with Crippen molar-refractivity contribution in [3.8, 4) is 17.2 Å². The highest BCUT2D eigenvalue weighted by atomic mass is 35.5. The number of nitrogens with two attached hydrogens (primary N) is 1. The van der Waals surface area contributed by atoms with Crippen LogP contribution < -0.4 is 11.1 Å². The van der Waals surface area contributed by atoms with Crippen molar-refractivity contribution in [2.24, 2.45) is 0 Å². The molecule has 10 heteroatoms. The van der Waals surface area contributed by atoms with Crippen molar-refractivity contribution >= 4 is 54.8 Å². The number of nitrogen functional groups attached to an aromatic ring is 1. The Hall–Kier alpha value is -3.19. The van der Waals surface area contributed by atoms with Gasteiger partial charge in [0.2, 0.25) is 0 Å². The highest BCUT2D eigenvalue weighted by molar-refractivity contribution is 7.23. The van der Waals surface area contributed by atoms with E-state index in [9.17, 15) is 14.4 Å². The number of piperazine rings is 1. The summed E-state index contributed by atoms with van der Waals surface area (Å²) >= 11 is 7.62. The molecule has 4 aromatic rings. The summed E-state index contributed by atoms with van der Waals surface area (Å²) in [5, 5.41) is 14.1. The first-order chi connectivity index (χ1) is 16.4. The fourth-order valence-electron chi connectivity index (χ4n) is 5.28. The smallest absolute Gasteiger partial charge is 0.256 e. The van der Waals surface area contributed by atoms with E-state index in [1.807, 2.05) is 10.6 Å². The Morgan fingerprint density at radius 2 is 2.03 bits per heavy atom. The third-order valence-electron chi connectivity index (χ3n) is 6.79. The van der Waals surface area contributed by atoms with E-state index in [0.717, 1.165) is 17.8 Å². The number of nitrogens with one attached hydrogen (secondary N) is 1. The number of aryl methyl sites for hydroxylation is 1. The predicted molar refractivity (Wildman–Crippen MR) is 129 cm³/mol. The van der Waals surface area contributed by atoms with Gasteiger partial charge < -0.3 is 20.5 Å². The van der Waals surface area contributed by atoms with Gasteiger partial charge in [0, 0.05) is 54.8 Å². The Morgan fingerprint density at radius 1 is 1.21 bits per heavy atom. The number of hydrogen-bond donors (Lipinski definition) is 2. The van der Waals surface area contributed by atoms with Crippen LogP contribution in [0.3, 0.4) is 0 Å². The molecule has 0 saturated carbocycles. The number of nitrogens with zero attached hydrogens (tertiary/aromatic N) is 3. The minimum absolute atomic E-state index is 0.0112. The Morgan fingerprint density at radius 3 is 2.82 bits per heavy atom. The largest absolute Gasteiger partial charge is 0.389 e. The van der Waals surface area contributed by atoms with Gasteiger partial charge in [0.15, 0.2) is 0 Å². The molecule has 2 aliphatic rings. The van der Waals surface area contributed by atoms with E-state index < -0.39 is 11.6 Å². The van der Waals surface area contributed by atoms with Gasteiger partial charge in [-0.25, -0.2) is 8.78 Å². The van der Waals surface area contributed by atoms with Gasteiger partial charge in [0.05, 0.1) is 26.4 Å². The number of hydrogen-bond acceptors (Lipinski definition) is 5. The molecule has 2 aliphatic heterocycles. The first-order valence-corrected chi connectivity index (χ1v) is 12.0. The molecular formula is C24H18ClF2N5OS. The first kappa shape index (κ1) is 21.4. The van der Waals surface area contributed by atoms with Crippen molar-refractivity contribution in [2.75, 3.05) is 25.4 Å². The van der Waals surface area contributed by atoms with E-state index in [4.69, 9.17) is 17.3 Å². The molecule has 6 nitrogen and oxygen atoms in total. The number of aromatic nitrogens is 1. The number of fused-ring (bicyclic) bond motifs is 2. The lowest BCUT2D eigenvalue weighted by Crippen LogP contribution is -2.54. The molecule has 1 amide bonds. The summed E-state index contributed by atoms with van der Waals surface area (Å²) in [4.78, 5) is 15.4. The van der Waals surface area contributed by atoms with Crippen molar-refractivity contribution in [3.63, 3.8) is 0 Å². The van der Waals surface area contributed by atoms with E-state index in [1.165, 1.54) is 18.2 Å². The third-order valence-corrected chi connectivity index (χ3v) is 8.10. The maximum atomic E-state index is 15.9. The average Bonchev–Trinajstić information content (AvgIpc) is 3.34. The maximum Gasteiger partial charge on any atom is 0.256 e. The number of anilines is 1. The average molecular weight is 498 g/mol. The summed E-state index contributed by atoms with van der Waals surface area (Å²) in [6.45, 7) is 2.51. The normalized spacial score (nSPS) is 18.1. The van der Waals surface area contributed by atoms with Crippen molar-refractivity contribution in [2.45, 2.75) is 19.0 Å². The van der Waals surface area contributed by atoms with Crippen molar-refractivity contribution in [3.05, 3.63) is 52.2 Å². The van der Waals surface area contributed by atoms with Crippen LogP contribution >= 0.6 is 22.9 Å². The van der Waals surface area contributed by atoms with Crippen LogP contribution in [0.4, 0.5) is 13.8 Å². The SMILES string of the molecule is N#Cc1c(N)sc2c(F)ccc(-c3c(F)cc4c5c3c(Cl)cn5CC[C@H]3CNCCN3C4=O)c12. The molecule has 0 bridgehead atoms. The highest BCUT2D eigenvalue weighted by Gasteiger charge is 2.34. The number of carbonyl (C=O) groups is 1. The van der Waals surface area contributed by atoms with E-state index in [1.54, 1.807) is 11.1 Å². The van der Waals surface area contributed by atoms with Gasteiger partial charge in [-0.3, -0.25) is 4.79 Å². The summed E-state index contributed by atoms with van der Waals surface area (Å²) < 4.78 is 32.6. The van der Waals surface area contributed by atoms with E-state index in [-0.39, 0.29) is 48.7 Å². The molecule has 0 aliphatic carbocycles. The number of halogens is 3. The summed E-state index contributed by atoms with van der Waals surface area (Å²) in [5.41, 5.74) is 7.33. The molecule has 172 valence electrons. The molecule has 1 atom stereocenters. The highest BCUT2D eigenvalue weighted by Crippen LogP contribution is 2.46. The van der Waals surface area contributed by atoms with Crippen LogP contribution in [0.5, 0.6) is 0 Å². The lowest BCUT2D eigenvalue weighted by Gasteiger charge is -2.38. The fourth-order valence-corrected chi connectivity index (χ4v) is 6.53. The molecule has 1 fully saturated rings. The second kappa shape index (κ2) is 7.67. The second-order valence-electron chi connectivity index (χ2n) is 8.57. The number of rotatable bonds is 1. The standard InChI is InChI=1S/C24H18ClF2N5OS/c25-15-10-31-5-3-11-9-30-4-6-32(11)24(33)13-7-17(27)19(20(15)21(13)31)12-1-2-16(26)22-18(12)14(8-28)23(29)34-22/h1-2,7,10-11,30H,3-6,9,29H2/t11-/m0/s1. The summed E-state index contributed by atoms with van der Waals surface area (Å²) in [5.74, 6) is -1.44. The van der Waals surface area contributed by atoms with Crippen LogP contribution in [0.1, 0.15) is 22.3 Å². The molecule has 1 saturated heterocycles. The number of benzene rings is 2. The van der Waals surface area contributed by atoms with Gasteiger partial charge in [-0.1, -0.05) is 17.7 Å². The zero-order chi connectivity index (χ0) is 23.7. The van der Waals surface area contributed by atoms with Crippen molar-refractivity contribution < 1.29 is 13.6 Å². The quantitative estimate of drug-likeness (QED) is 0.398. The summed E-state index contributed by atoms with van der Waals surface area (Å²) in [6, 6.07) is 5.95. The lowest BCUT2D eigenvalue weighted by atomic mass is 9.93. The molecular weight excluding hydrogens is 480 g/mol. The van der Waals surface area contributed by atoms with E-state index in [2.05, 4.69) is 5.32 Å². The van der Waals surface area contributed by atoms with Gasteiger partial charge in [-0.15, -0.1) is 11.3 Å². The molecule has 2 aromatic heterocycles. The van der Waals surface area contributed by atoms with E-state index >= 15 is 4.39 Å². The maximum absolute atomic E-state index is 15.9. The minimum Gasteiger partial charge on any atom is -0.389 e. The van der Waals surface area contributed by atoms with Crippen molar-refractivity contribution in [1.82, 2.24) is 14.8 Å². The zero-order valence-corrected chi connectivity index (χ0v) is 19.4. The van der Waals surface area contributed by atoms with Crippen LogP contribution in [-0.4, -0.2) is 41.1 Å². The van der Waals surface area contributed by atoms with Crippen LogP contribution in [0.15, 0.2) is 24.4 Å². The van der Waals surface area contributed by atoms with Crippen LogP contribution in [0.25, 0.3) is 32.1 Å². The molecule has 0 unspecified atom stereocenters. The molecule has 2 aromatic carbocycles. The Balaban J connectivity index is 1.69. The summed E-state index contributed by atoms with van der Waals surface area (Å²) in [7, 11) is 0. The van der Waals surface area contributed by atoms with E-state index in [0.29, 0.717) is 42.6 Å². The van der Waals surface area contributed by atoms with Crippen LogP contribution in [0.2, 0.25) is 5.02 Å². The van der Waals surface area contributed by atoms with Crippen LogP contribution in [0, 0.1) is 23.0 Å². The number of thiophene rings is 1. The molecule has 4 heterocycles. The Kier molecular flexibility index (Phi) is 4.81. The van der Waals surface area contributed by atoms with Gasteiger partial charge in [0.1, 0.15) is 22.7 Å². The summed E-state index contributed by atoms with van der Waals surface area (Å²) in [6.07, 6.45) is 2.44. The molecule has 0 spiro atoms. The topological polar surface area (TPSA) is 87.1 Å². The Labute approximate surface area is 202 Å². The predicted octanol–water partition coefficient (Wildman–Crippen LogP) is 4.73. The molecule has 6 rings (SSSR count). The monoisotopic (exact) mass is 497 g/mol. The number of amides is 1. The molecule has 34 heavy (non-hydrogen) atoms. The zero-order valence-electron chi connectivity index (χ0n) is 17.8. The third kappa shape index (κ3) is 2.89. The van der Waals surface area contributed by atoms with Gasteiger partial charge >= 0.3 is 0 Å². The van der Waals surface area contributed by atoms with Gasteiger partial charge in [0.25, 0.3) is 5.91 Å².